The molecule has 0 aliphatic heterocycles. The van der Waals surface area contributed by atoms with E-state index in [4.69, 9.17) is 0 Å². The minimum Gasteiger partial charge on any atom is -0.380 e. The van der Waals surface area contributed by atoms with Gasteiger partial charge in [-0.1, -0.05) is 0 Å². The Morgan fingerprint density at radius 2 is 2.11 bits per heavy atom. The maximum Gasteiger partial charge on any atom is 0.106 e. The van der Waals surface area contributed by atoms with Crippen molar-refractivity contribution in [1.82, 2.24) is 9.55 Å². The van der Waals surface area contributed by atoms with E-state index in [0.717, 1.165) is 23.4 Å². The second-order valence-electron chi connectivity index (χ2n) is 4.36. The summed E-state index contributed by atoms with van der Waals surface area (Å²) in [6.07, 6.45) is 1.84. The third-order valence-corrected chi connectivity index (χ3v) is 3.67. The predicted molar refractivity (Wildman–Crippen MR) is 78.8 cm³/mol. The largest absolute Gasteiger partial charge is 0.380 e. The van der Waals surface area contributed by atoms with E-state index in [1.165, 1.54) is 17.0 Å². The number of aromatic nitrogens is 2. The number of rotatable bonds is 4. The van der Waals surface area contributed by atoms with Crippen molar-refractivity contribution in [1.29, 1.82) is 0 Å². The monoisotopic (exact) mass is 307 g/mol. The van der Waals surface area contributed by atoms with Crippen molar-refractivity contribution in [3.8, 4) is 0 Å². The summed E-state index contributed by atoms with van der Waals surface area (Å²) in [6, 6.07) is 6.21. The lowest BCUT2D eigenvalue weighted by molar-refractivity contribution is 0.715. The van der Waals surface area contributed by atoms with E-state index < -0.39 is 0 Å². The van der Waals surface area contributed by atoms with Crippen LogP contribution in [0, 0.1) is 13.8 Å². The van der Waals surface area contributed by atoms with Gasteiger partial charge in [0.2, 0.25) is 0 Å². The van der Waals surface area contributed by atoms with Crippen LogP contribution in [-0.4, -0.2) is 9.55 Å². The molecule has 0 aliphatic carbocycles. The minimum absolute atomic E-state index is 0.836. The first-order valence-corrected chi connectivity index (χ1v) is 6.92. The third kappa shape index (κ3) is 2.75. The van der Waals surface area contributed by atoms with Gasteiger partial charge in [-0.3, -0.25) is 0 Å². The van der Waals surface area contributed by atoms with Gasteiger partial charge in [0, 0.05) is 24.5 Å². The van der Waals surface area contributed by atoms with Gasteiger partial charge < -0.3 is 9.88 Å². The zero-order valence-electron chi connectivity index (χ0n) is 11.0. The third-order valence-electron chi connectivity index (χ3n) is 3.21. The highest BCUT2D eigenvalue weighted by molar-refractivity contribution is 9.10. The SMILES string of the molecule is CCn1c(C)cc(CNc2ccc(Br)nc2)c1C. The van der Waals surface area contributed by atoms with Crippen LogP contribution in [0.5, 0.6) is 0 Å². The summed E-state index contributed by atoms with van der Waals surface area (Å²) < 4.78 is 3.19. The van der Waals surface area contributed by atoms with Gasteiger partial charge in [0.15, 0.2) is 0 Å². The van der Waals surface area contributed by atoms with E-state index in [9.17, 15) is 0 Å². The van der Waals surface area contributed by atoms with Gasteiger partial charge >= 0.3 is 0 Å². The summed E-state index contributed by atoms with van der Waals surface area (Å²) in [5, 5.41) is 3.40. The van der Waals surface area contributed by atoms with Gasteiger partial charge in [0.1, 0.15) is 4.60 Å². The molecule has 1 N–H and O–H groups in total. The van der Waals surface area contributed by atoms with Crippen molar-refractivity contribution < 1.29 is 0 Å². The molecule has 0 amide bonds. The second kappa shape index (κ2) is 5.57. The number of hydrogen-bond donors (Lipinski definition) is 1. The second-order valence-corrected chi connectivity index (χ2v) is 5.18. The van der Waals surface area contributed by atoms with Crippen molar-refractivity contribution in [2.24, 2.45) is 0 Å². The molecular weight excluding hydrogens is 290 g/mol. The Bertz CT molecular complexity index is 529. The van der Waals surface area contributed by atoms with Crippen LogP contribution in [0.25, 0.3) is 0 Å². The van der Waals surface area contributed by atoms with E-state index >= 15 is 0 Å². The van der Waals surface area contributed by atoms with Crippen LogP contribution in [0.4, 0.5) is 5.69 Å². The van der Waals surface area contributed by atoms with Crippen molar-refractivity contribution in [2.45, 2.75) is 33.9 Å². The molecule has 0 bridgehead atoms. The van der Waals surface area contributed by atoms with E-state index in [-0.39, 0.29) is 0 Å². The number of hydrogen-bond acceptors (Lipinski definition) is 2. The molecule has 0 unspecified atom stereocenters. The van der Waals surface area contributed by atoms with Crippen LogP contribution < -0.4 is 5.32 Å². The molecule has 0 atom stereocenters. The zero-order valence-corrected chi connectivity index (χ0v) is 12.6. The van der Waals surface area contributed by atoms with Crippen LogP contribution in [-0.2, 0) is 13.1 Å². The highest BCUT2D eigenvalue weighted by Crippen LogP contribution is 2.17. The van der Waals surface area contributed by atoms with Gasteiger partial charge in [0.25, 0.3) is 0 Å². The Balaban J connectivity index is 2.08. The van der Waals surface area contributed by atoms with Crippen molar-refractivity contribution in [2.75, 3.05) is 5.32 Å². The Hall–Kier alpha value is -1.29. The zero-order chi connectivity index (χ0) is 13.1. The summed E-state index contributed by atoms with van der Waals surface area (Å²) in [7, 11) is 0. The standard InChI is InChI=1S/C14H18BrN3/c1-4-18-10(2)7-12(11(18)3)8-16-13-5-6-14(15)17-9-13/h5-7,9,16H,4,8H2,1-3H3. The molecular formula is C14H18BrN3. The molecule has 0 fully saturated rings. The fraction of sp³-hybridized carbons (Fsp3) is 0.357. The number of aryl methyl sites for hydroxylation is 1. The van der Waals surface area contributed by atoms with Crippen molar-refractivity contribution in [3.63, 3.8) is 0 Å². The van der Waals surface area contributed by atoms with Crippen LogP contribution >= 0.6 is 15.9 Å². The maximum atomic E-state index is 4.20. The Kier molecular flexibility index (Phi) is 4.07. The summed E-state index contributed by atoms with van der Waals surface area (Å²) in [5.74, 6) is 0. The van der Waals surface area contributed by atoms with E-state index in [0.29, 0.717) is 0 Å². The lowest BCUT2D eigenvalue weighted by Gasteiger charge is -2.08. The fourth-order valence-electron chi connectivity index (χ4n) is 2.22. The van der Waals surface area contributed by atoms with Crippen LogP contribution in [0.2, 0.25) is 0 Å². The predicted octanol–water partition coefficient (Wildman–Crippen LogP) is 3.89. The van der Waals surface area contributed by atoms with Crippen molar-refractivity contribution in [3.05, 3.63) is 46.0 Å². The highest BCUT2D eigenvalue weighted by Gasteiger charge is 2.07. The minimum atomic E-state index is 0.836. The van der Waals surface area contributed by atoms with Crippen molar-refractivity contribution >= 4 is 21.6 Å². The van der Waals surface area contributed by atoms with Gasteiger partial charge in [0.05, 0.1) is 11.9 Å². The van der Waals surface area contributed by atoms with Crippen LogP contribution in [0.1, 0.15) is 23.9 Å². The molecule has 3 nitrogen and oxygen atoms in total. The molecule has 2 heterocycles. The van der Waals surface area contributed by atoms with Gasteiger partial charge in [-0.15, -0.1) is 0 Å². The van der Waals surface area contributed by atoms with E-state index in [1.807, 2.05) is 18.3 Å². The number of pyridine rings is 1. The average Bonchev–Trinajstić information content (AvgIpc) is 2.63. The molecule has 96 valence electrons. The molecule has 0 spiro atoms. The Labute approximate surface area is 116 Å². The molecule has 4 heteroatoms. The summed E-state index contributed by atoms with van der Waals surface area (Å²) >= 11 is 3.33. The quantitative estimate of drug-likeness (QED) is 0.868. The van der Waals surface area contributed by atoms with E-state index in [2.05, 4.69) is 57.6 Å². The molecule has 2 rings (SSSR count). The average molecular weight is 308 g/mol. The highest BCUT2D eigenvalue weighted by atomic mass is 79.9. The fourth-order valence-corrected chi connectivity index (χ4v) is 2.45. The number of halogens is 1. The molecule has 0 radical (unpaired) electrons. The van der Waals surface area contributed by atoms with E-state index in [1.54, 1.807) is 0 Å². The molecule has 0 aromatic carbocycles. The smallest absolute Gasteiger partial charge is 0.106 e. The Morgan fingerprint density at radius 1 is 1.33 bits per heavy atom. The molecule has 0 aliphatic rings. The molecule has 2 aromatic rings. The van der Waals surface area contributed by atoms with Crippen LogP contribution in [0.15, 0.2) is 29.0 Å². The maximum absolute atomic E-state index is 4.20. The lowest BCUT2D eigenvalue weighted by atomic mass is 10.2. The Morgan fingerprint density at radius 3 is 2.67 bits per heavy atom. The molecule has 2 aromatic heterocycles. The topological polar surface area (TPSA) is 29.9 Å². The summed E-state index contributed by atoms with van der Waals surface area (Å²) in [4.78, 5) is 4.20. The number of nitrogens with one attached hydrogen (secondary N) is 1. The first-order chi connectivity index (χ1) is 8.61. The van der Waals surface area contributed by atoms with Gasteiger partial charge in [-0.2, -0.15) is 0 Å². The molecule has 0 saturated carbocycles. The van der Waals surface area contributed by atoms with Gasteiger partial charge in [-0.05, 0) is 60.5 Å². The number of nitrogens with zero attached hydrogens (tertiary/aromatic N) is 2. The lowest BCUT2D eigenvalue weighted by Crippen LogP contribution is -2.03. The molecule has 18 heavy (non-hydrogen) atoms. The molecule has 0 saturated heterocycles. The summed E-state index contributed by atoms with van der Waals surface area (Å²) in [6.45, 7) is 8.37. The number of anilines is 1. The normalized spacial score (nSPS) is 10.7. The first kappa shape index (κ1) is 13.1. The van der Waals surface area contributed by atoms with Gasteiger partial charge in [-0.25, -0.2) is 4.98 Å². The summed E-state index contributed by atoms with van der Waals surface area (Å²) in [5.41, 5.74) is 5.05. The van der Waals surface area contributed by atoms with Crippen LogP contribution in [0.3, 0.4) is 0 Å². The first-order valence-electron chi connectivity index (χ1n) is 6.13.